The van der Waals surface area contributed by atoms with Crippen molar-refractivity contribution in [3.05, 3.63) is 148 Å². The first-order valence-corrected chi connectivity index (χ1v) is 21.5. The summed E-state index contributed by atoms with van der Waals surface area (Å²) < 4.78 is 21.0. The Morgan fingerprint density at radius 2 is 1.66 bits per heavy atom. The maximum absolute atomic E-state index is 11.3. The van der Waals surface area contributed by atoms with E-state index in [1.54, 1.807) is 30.0 Å². The molecular formula is C48H54N2O8S. The van der Waals surface area contributed by atoms with Gasteiger partial charge in [0.25, 0.3) is 5.69 Å². The summed E-state index contributed by atoms with van der Waals surface area (Å²) in [7, 11) is 0. The summed E-state index contributed by atoms with van der Waals surface area (Å²) in [6, 6.07) is 28.8. The fourth-order valence-electron chi connectivity index (χ4n) is 8.96. The van der Waals surface area contributed by atoms with Crippen LogP contribution in [0.4, 0.5) is 5.69 Å². The number of rotatable bonds is 19. The Morgan fingerprint density at radius 1 is 0.932 bits per heavy atom. The van der Waals surface area contributed by atoms with E-state index >= 15 is 0 Å². The number of non-ortho nitro benzene ring substituents is 1. The highest BCUT2D eigenvalue weighted by molar-refractivity contribution is 8.00. The molecule has 0 spiro atoms. The zero-order valence-corrected chi connectivity index (χ0v) is 34.7. The number of oxime groups is 1. The van der Waals surface area contributed by atoms with E-state index in [2.05, 4.69) is 56.8 Å². The second-order valence-corrected chi connectivity index (χ2v) is 17.0. The number of ether oxygens (including phenoxy) is 3. The van der Waals surface area contributed by atoms with Crippen LogP contribution in [0.2, 0.25) is 0 Å². The smallest absolute Gasteiger partial charge is 0.269 e. The number of nitro groups is 1. The predicted molar refractivity (Wildman–Crippen MR) is 231 cm³/mol. The number of fused-ring (bicyclic) bond motifs is 2. The van der Waals surface area contributed by atoms with E-state index < -0.39 is 10.7 Å². The number of hydrogen-bond donors (Lipinski definition) is 2. The van der Waals surface area contributed by atoms with E-state index in [1.807, 2.05) is 36.4 Å². The van der Waals surface area contributed by atoms with Gasteiger partial charge < -0.3 is 29.3 Å². The quantitative estimate of drug-likeness (QED) is 0.0410. The Labute approximate surface area is 351 Å². The van der Waals surface area contributed by atoms with E-state index in [0.29, 0.717) is 25.0 Å². The molecular weight excluding hydrogens is 765 g/mol. The molecule has 7 rings (SSSR count). The van der Waals surface area contributed by atoms with E-state index in [0.717, 1.165) is 70.1 Å². The maximum Gasteiger partial charge on any atom is 0.269 e. The third-order valence-electron chi connectivity index (χ3n) is 11.9. The average Bonchev–Trinajstić information content (AvgIpc) is 3.24. The van der Waals surface area contributed by atoms with Crippen molar-refractivity contribution >= 4 is 23.2 Å². The number of thioether (sulfide) groups is 1. The molecule has 1 aliphatic heterocycles. The summed E-state index contributed by atoms with van der Waals surface area (Å²) in [6.07, 6.45) is 9.45. The first-order valence-electron chi connectivity index (χ1n) is 20.6. The molecule has 0 saturated heterocycles. The van der Waals surface area contributed by atoms with Gasteiger partial charge in [0.2, 0.25) is 5.79 Å². The first-order chi connectivity index (χ1) is 28.7. The third kappa shape index (κ3) is 9.44. The maximum atomic E-state index is 11.3. The van der Waals surface area contributed by atoms with Crippen molar-refractivity contribution in [1.82, 2.24) is 0 Å². The molecule has 1 saturated carbocycles. The van der Waals surface area contributed by atoms with Crippen LogP contribution >= 0.6 is 11.8 Å². The monoisotopic (exact) mass is 818 g/mol. The molecule has 2 N–H and O–H groups in total. The van der Waals surface area contributed by atoms with E-state index in [1.165, 1.54) is 17.7 Å². The highest BCUT2D eigenvalue weighted by atomic mass is 32.2. The highest BCUT2D eigenvalue weighted by Crippen LogP contribution is 2.63. The molecule has 10 nitrogen and oxygen atoms in total. The Morgan fingerprint density at radius 3 is 2.37 bits per heavy atom. The largest absolute Gasteiger partial charge is 0.460 e. The first kappa shape index (κ1) is 42.2. The van der Waals surface area contributed by atoms with Gasteiger partial charge in [0, 0.05) is 48.1 Å². The Kier molecular flexibility index (Phi) is 13.9. The van der Waals surface area contributed by atoms with Crippen molar-refractivity contribution in [2.75, 3.05) is 19.8 Å². The molecule has 1 heterocycles. The van der Waals surface area contributed by atoms with Gasteiger partial charge in [0.1, 0.15) is 23.9 Å². The van der Waals surface area contributed by atoms with Gasteiger partial charge in [0.05, 0.1) is 28.4 Å². The predicted octanol–water partition coefficient (Wildman–Crippen LogP) is 10.6. The molecule has 3 aliphatic rings. The van der Waals surface area contributed by atoms with Gasteiger partial charge in [-0.15, -0.1) is 18.3 Å². The molecule has 6 unspecified atom stereocenters. The summed E-state index contributed by atoms with van der Waals surface area (Å²) in [4.78, 5) is 18.1. The van der Waals surface area contributed by atoms with Crippen LogP contribution in [0.1, 0.15) is 73.1 Å². The molecule has 59 heavy (non-hydrogen) atoms. The molecule has 0 bridgehead atoms. The fourth-order valence-corrected chi connectivity index (χ4v) is 10.3. The van der Waals surface area contributed by atoms with Gasteiger partial charge in [-0.2, -0.15) is 0 Å². The van der Waals surface area contributed by atoms with Crippen LogP contribution in [0.5, 0.6) is 17.2 Å². The van der Waals surface area contributed by atoms with Gasteiger partial charge in [-0.1, -0.05) is 54.4 Å². The minimum absolute atomic E-state index is 0.0169. The lowest BCUT2D eigenvalue weighted by Crippen LogP contribution is -2.64. The number of aliphatic hydroxyl groups excluding tert-OH is 2. The van der Waals surface area contributed by atoms with Gasteiger partial charge in [-0.3, -0.25) is 10.1 Å². The van der Waals surface area contributed by atoms with Gasteiger partial charge in [-0.25, -0.2) is 0 Å². The SMILES string of the molecule is C=CCOC12Oc3ccc(Oc4ccc(C)c(C)c4)cc3C3C(CCCCO)C(CCCCO)C=C(C(=NOCc4ccc([N+](=O)[O-])cc4)CC1Sc1ccccc1)C32. The van der Waals surface area contributed by atoms with Crippen LogP contribution in [-0.4, -0.2) is 51.7 Å². The number of nitrogens with zero attached hydrogens (tertiary/aromatic N) is 2. The second-order valence-electron chi connectivity index (χ2n) is 15.7. The highest BCUT2D eigenvalue weighted by Gasteiger charge is 2.64. The molecule has 0 aromatic heterocycles. The van der Waals surface area contributed by atoms with Crippen LogP contribution < -0.4 is 9.47 Å². The summed E-state index contributed by atoms with van der Waals surface area (Å²) >= 11 is 1.70. The third-order valence-corrected chi connectivity index (χ3v) is 13.2. The van der Waals surface area contributed by atoms with Gasteiger partial charge in [-0.05, 0) is 128 Å². The van der Waals surface area contributed by atoms with Crippen molar-refractivity contribution in [1.29, 1.82) is 0 Å². The number of aliphatic hydroxyl groups is 2. The molecule has 2 aliphatic carbocycles. The van der Waals surface area contributed by atoms with E-state index in [4.69, 9.17) is 24.2 Å². The molecule has 310 valence electrons. The zero-order valence-electron chi connectivity index (χ0n) is 33.8. The number of unbranched alkanes of at least 4 members (excludes halogenated alkanes) is 2. The molecule has 4 aromatic carbocycles. The van der Waals surface area contributed by atoms with E-state index in [-0.39, 0.29) is 61.0 Å². The number of benzene rings is 4. The topological polar surface area (TPSA) is 133 Å². The normalized spacial score (nSPS) is 23.7. The number of nitro benzene ring substituents is 1. The van der Waals surface area contributed by atoms with Crippen LogP contribution in [0.3, 0.4) is 0 Å². The lowest BCUT2D eigenvalue weighted by molar-refractivity contribution is -0.384. The van der Waals surface area contributed by atoms with Crippen LogP contribution in [0.25, 0.3) is 0 Å². The molecule has 1 fully saturated rings. The fraction of sp³-hybridized carbons (Fsp3) is 0.396. The Balaban J connectivity index is 1.38. The minimum atomic E-state index is -1.13. The van der Waals surface area contributed by atoms with Crippen LogP contribution in [-0.2, 0) is 16.2 Å². The van der Waals surface area contributed by atoms with Crippen molar-refractivity contribution in [3.8, 4) is 17.2 Å². The molecule has 11 heteroatoms. The van der Waals surface area contributed by atoms with Crippen molar-refractivity contribution in [2.45, 2.75) is 87.3 Å². The number of allylic oxidation sites excluding steroid dienone is 1. The van der Waals surface area contributed by atoms with Crippen LogP contribution in [0.15, 0.2) is 125 Å². The average molecular weight is 819 g/mol. The van der Waals surface area contributed by atoms with Gasteiger partial charge in [0.15, 0.2) is 0 Å². The lowest BCUT2D eigenvalue weighted by Gasteiger charge is -2.58. The number of aryl methyl sites for hydroxylation is 2. The number of hydrogen-bond acceptors (Lipinski definition) is 10. The molecule has 6 atom stereocenters. The second kappa shape index (κ2) is 19.4. The summed E-state index contributed by atoms with van der Waals surface area (Å²) in [5.74, 6) is 0.959. The van der Waals surface area contributed by atoms with Crippen LogP contribution in [0, 0.1) is 41.7 Å². The molecule has 4 aromatic rings. The molecule has 0 amide bonds. The minimum Gasteiger partial charge on any atom is -0.460 e. The van der Waals surface area contributed by atoms with Gasteiger partial charge >= 0.3 is 0 Å². The van der Waals surface area contributed by atoms with Crippen molar-refractivity contribution in [2.24, 2.45) is 22.9 Å². The van der Waals surface area contributed by atoms with E-state index in [9.17, 15) is 20.3 Å². The van der Waals surface area contributed by atoms with Crippen molar-refractivity contribution in [3.63, 3.8) is 0 Å². The standard InChI is InChI=1S/C48H54N2O8S/c1-4-26-55-48-45(59-39-13-6-5-7-14-39)30-43(49-56-31-34-17-19-36(20-18-34)50(53)54)41-28-35(12-8-10-24-51)40(15-9-11-25-52)46(47(41)48)42-29-38(22-23-44(42)58-48)57-37-21-16-32(2)33(3)27-37/h4-7,13-14,16-23,27-29,35,40,45-47,51-52H,1,8-12,15,24-26,30-31H2,2-3H3. The summed E-state index contributed by atoms with van der Waals surface area (Å²) in [5.41, 5.74) is 6.00. The Bertz CT molecular complexity index is 2140. The summed E-state index contributed by atoms with van der Waals surface area (Å²) in [5, 5.41) is 35.7. The zero-order chi connectivity index (χ0) is 41.4. The van der Waals surface area contributed by atoms with Crippen molar-refractivity contribution < 1.29 is 34.2 Å². The summed E-state index contributed by atoms with van der Waals surface area (Å²) in [6.45, 7) is 8.86. The molecule has 0 radical (unpaired) electrons. The Hall–Kier alpha value is -4.94. The lowest BCUT2D eigenvalue weighted by atomic mass is 9.56.